The first-order valence-corrected chi connectivity index (χ1v) is 5.66. The molecule has 78 valence electrons. The van der Waals surface area contributed by atoms with Crippen LogP contribution in [-0.2, 0) is 4.79 Å². The number of halogens is 1. The molecule has 1 fully saturated rings. The molecular weight excluding hydrogens is 256 g/mol. The van der Waals surface area contributed by atoms with Crippen LogP contribution in [0.1, 0.15) is 18.4 Å². The Kier molecular flexibility index (Phi) is 2.91. The fourth-order valence-corrected chi connectivity index (χ4v) is 1.94. The van der Waals surface area contributed by atoms with Crippen molar-refractivity contribution >= 4 is 28.0 Å². The molecule has 0 heterocycles. The van der Waals surface area contributed by atoms with Crippen molar-refractivity contribution in [2.24, 2.45) is 5.92 Å². The normalized spacial score (nSPS) is 16.5. The van der Waals surface area contributed by atoms with Crippen molar-refractivity contribution in [2.45, 2.75) is 12.8 Å². The summed E-state index contributed by atoms with van der Waals surface area (Å²) >= 11 is 3.37. The van der Waals surface area contributed by atoms with Crippen molar-refractivity contribution in [1.82, 2.24) is 0 Å². The van der Waals surface area contributed by atoms with Crippen LogP contribution in [0.2, 0.25) is 0 Å². The predicted molar refractivity (Wildman–Crippen MR) is 62.5 cm³/mol. The van der Waals surface area contributed by atoms with Gasteiger partial charge < -0.3 is 5.11 Å². The molecule has 0 aromatic heterocycles. The quantitative estimate of drug-likeness (QED) is 0.853. The summed E-state index contributed by atoms with van der Waals surface area (Å²) in [7, 11) is 0. The number of carboxylic acid groups (broad SMARTS) is 1. The highest BCUT2D eigenvalue weighted by molar-refractivity contribution is 9.10. The van der Waals surface area contributed by atoms with E-state index in [1.165, 1.54) is 0 Å². The molecule has 1 aliphatic carbocycles. The van der Waals surface area contributed by atoms with Crippen molar-refractivity contribution in [3.63, 3.8) is 0 Å². The molecule has 1 aromatic carbocycles. The van der Waals surface area contributed by atoms with E-state index in [4.69, 9.17) is 5.11 Å². The van der Waals surface area contributed by atoms with E-state index in [9.17, 15) is 4.79 Å². The maximum absolute atomic E-state index is 11.0. The van der Waals surface area contributed by atoms with Crippen LogP contribution < -0.4 is 0 Å². The summed E-state index contributed by atoms with van der Waals surface area (Å²) < 4.78 is 0.969. The van der Waals surface area contributed by atoms with Crippen LogP contribution >= 0.6 is 15.9 Å². The molecule has 15 heavy (non-hydrogen) atoms. The Morgan fingerprint density at radius 2 is 2.20 bits per heavy atom. The number of hydrogen-bond acceptors (Lipinski definition) is 1. The minimum Gasteiger partial charge on any atom is -0.478 e. The second-order valence-corrected chi connectivity index (χ2v) is 4.65. The molecule has 3 heteroatoms. The highest BCUT2D eigenvalue weighted by Gasteiger charge is 2.30. The first kappa shape index (κ1) is 10.4. The van der Waals surface area contributed by atoms with E-state index in [-0.39, 0.29) is 5.92 Å². The molecule has 0 aliphatic heterocycles. The van der Waals surface area contributed by atoms with E-state index in [0.717, 1.165) is 22.9 Å². The Morgan fingerprint density at radius 1 is 1.47 bits per heavy atom. The van der Waals surface area contributed by atoms with Gasteiger partial charge in [0.25, 0.3) is 0 Å². The Labute approximate surface area is 96.7 Å². The van der Waals surface area contributed by atoms with Crippen LogP contribution in [0.15, 0.2) is 34.3 Å². The Bertz CT molecular complexity index is 419. The van der Waals surface area contributed by atoms with Crippen molar-refractivity contribution in [1.29, 1.82) is 0 Å². The van der Waals surface area contributed by atoms with Gasteiger partial charge in [-0.25, -0.2) is 4.79 Å². The third kappa shape index (κ3) is 2.69. The minimum atomic E-state index is -0.794. The monoisotopic (exact) mass is 266 g/mol. The van der Waals surface area contributed by atoms with Crippen LogP contribution in [-0.4, -0.2) is 11.1 Å². The third-order valence-corrected chi connectivity index (χ3v) is 2.93. The van der Waals surface area contributed by atoms with Gasteiger partial charge >= 0.3 is 5.97 Å². The largest absolute Gasteiger partial charge is 0.478 e. The average Bonchev–Trinajstić information content (AvgIpc) is 2.97. The summed E-state index contributed by atoms with van der Waals surface area (Å²) in [6.07, 6.45) is 3.78. The fourth-order valence-electron chi connectivity index (χ4n) is 1.52. The minimum absolute atomic E-state index is 0.265. The Hall–Kier alpha value is -1.09. The molecule has 0 amide bonds. The van der Waals surface area contributed by atoms with E-state index in [1.54, 1.807) is 6.08 Å². The van der Waals surface area contributed by atoms with E-state index >= 15 is 0 Å². The van der Waals surface area contributed by atoms with Crippen LogP contribution in [0.4, 0.5) is 0 Å². The molecule has 1 N–H and O–H groups in total. The number of rotatable bonds is 3. The van der Waals surface area contributed by atoms with E-state index in [1.807, 2.05) is 24.3 Å². The summed E-state index contributed by atoms with van der Waals surface area (Å²) in [6, 6.07) is 7.67. The topological polar surface area (TPSA) is 37.3 Å². The second-order valence-electron chi connectivity index (χ2n) is 3.73. The first-order valence-electron chi connectivity index (χ1n) is 4.87. The van der Waals surface area contributed by atoms with Gasteiger partial charge in [0, 0.05) is 10.0 Å². The predicted octanol–water partition coefficient (Wildman–Crippen LogP) is 3.33. The van der Waals surface area contributed by atoms with Gasteiger partial charge in [0.15, 0.2) is 0 Å². The Morgan fingerprint density at radius 3 is 2.73 bits per heavy atom. The number of aliphatic carboxylic acids is 1. The molecule has 0 unspecified atom stereocenters. The molecule has 0 spiro atoms. The molecule has 1 saturated carbocycles. The number of carboxylic acids is 1. The molecule has 0 saturated heterocycles. The molecule has 0 bridgehead atoms. The van der Waals surface area contributed by atoms with Gasteiger partial charge in [0.1, 0.15) is 0 Å². The highest BCUT2D eigenvalue weighted by Crippen LogP contribution is 2.37. The molecule has 0 atom stereocenters. The number of hydrogen-bond donors (Lipinski definition) is 1. The van der Waals surface area contributed by atoms with Gasteiger partial charge in [-0.15, -0.1) is 0 Å². The summed E-state index contributed by atoms with van der Waals surface area (Å²) in [5.74, 6) is -0.529. The zero-order valence-corrected chi connectivity index (χ0v) is 9.70. The molecule has 0 radical (unpaired) electrons. The highest BCUT2D eigenvalue weighted by atomic mass is 79.9. The van der Waals surface area contributed by atoms with Crippen LogP contribution in [0.3, 0.4) is 0 Å². The third-order valence-electron chi connectivity index (χ3n) is 2.43. The lowest BCUT2D eigenvalue weighted by Gasteiger charge is -2.00. The molecular formula is C12H11BrO2. The zero-order valence-electron chi connectivity index (χ0n) is 8.11. The van der Waals surface area contributed by atoms with E-state index in [2.05, 4.69) is 15.9 Å². The molecule has 2 nitrogen and oxygen atoms in total. The summed E-state index contributed by atoms with van der Waals surface area (Å²) in [5.41, 5.74) is 1.47. The molecule has 1 aromatic rings. The second kappa shape index (κ2) is 4.19. The lowest BCUT2D eigenvalue weighted by molar-refractivity contribution is -0.132. The lowest BCUT2D eigenvalue weighted by Crippen LogP contribution is -2.01. The van der Waals surface area contributed by atoms with Gasteiger partial charge in [-0.2, -0.15) is 0 Å². The standard InChI is InChI=1S/C12H11BrO2/c13-10-3-1-2-8(6-10)7-11(12(14)15)9-4-5-9/h1-3,6-7,9H,4-5H2,(H,14,15)/b11-7-. The van der Waals surface area contributed by atoms with Crippen molar-refractivity contribution < 1.29 is 9.90 Å². The molecule has 1 aliphatic rings. The summed E-state index contributed by atoms with van der Waals surface area (Å²) in [5, 5.41) is 9.03. The van der Waals surface area contributed by atoms with Gasteiger partial charge in [-0.05, 0) is 42.5 Å². The van der Waals surface area contributed by atoms with Gasteiger partial charge in [-0.3, -0.25) is 0 Å². The van der Waals surface area contributed by atoms with Crippen molar-refractivity contribution in [2.75, 3.05) is 0 Å². The Balaban J connectivity index is 2.30. The van der Waals surface area contributed by atoms with Gasteiger partial charge in [-0.1, -0.05) is 28.1 Å². The first-order chi connectivity index (χ1) is 7.16. The van der Waals surface area contributed by atoms with E-state index in [0.29, 0.717) is 5.57 Å². The smallest absolute Gasteiger partial charge is 0.331 e. The van der Waals surface area contributed by atoms with Crippen molar-refractivity contribution in [3.8, 4) is 0 Å². The average molecular weight is 267 g/mol. The van der Waals surface area contributed by atoms with Crippen LogP contribution in [0.25, 0.3) is 6.08 Å². The lowest BCUT2D eigenvalue weighted by atomic mass is 10.1. The van der Waals surface area contributed by atoms with Crippen LogP contribution in [0.5, 0.6) is 0 Å². The van der Waals surface area contributed by atoms with Crippen molar-refractivity contribution in [3.05, 3.63) is 39.9 Å². The SMILES string of the molecule is O=C(O)/C(=C\c1cccc(Br)c1)C1CC1. The fraction of sp³-hybridized carbons (Fsp3) is 0.250. The zero-order chi connectivity index (χ0) is 10.8. The number of benzene rings is 1. The summed E-state index contributed by atoms with van der Waals surface area (Å²) in [6.45, 7) is 0. The van der Waals surface area contributed by atoms with E-state index < -0.39 is 5.97 Å². The van der Waals surface area contributed by atoms with Gasteiger partial charge in [0.2, 0.25) is 0 Å². The van der Waals surface area contributed by atoms with Gasteiger partial charge in [0.05, 0.1) is 0 Å². The van der Waals surface area contributed by atoms with Crippen LogP contribution in [0, 0.1) is 5.92 Å². The maximum Gasteiger partial charge on any atom is 0.331 e. The number of carbonyl (C=O) groups is 1. The maximum atomic E-state index is 11.0. The molecule has 2 rings (SSSR count). The summed E-state index contributed by atoms with van der Waals surface area (Å²) in [4.78, 5) is 11.0.